The lowest BCUT2D eigenvalue weighted by molar-refractivity contribution is 0.392. The van der Waals surface area contributed by atoms with Crippen LogP contribution in [0.5, 0.6) is 0 Å². The number of sulfone groups is 1. The molecule has 1 aromatic heterocycles. The van der Waals surface area contributed by atoms with E-state index in [4.69, 9.17) is 9.52 Å². The zero-order valence-corrected chi connectivity index (χ0v) is 15.9. The first-order chi connectivity index (χ1) is 11.9. The second kappa shape index (κ2) is 7.76. The van der Waals surface area contributed by atoms with Crippen LogP contribution in [0.2, 0.25) is 0 Å². The van der Waals surface area contributed by atoms with Crippen molar-refractivity contribution in [1.82, 2.24) is 15.8 Å². The van der Waals surface area contributed by atoms with Gasteiger partial charge in [-0.1, -0.05) is 18.0 Å². The lowest BCUT2D eigenvalue weighted by Gasteiger charge is -2.19. The molecule has 0 radical (unpaired) electrons. The number of nitrogens with zero attached hydrogens (tertiary/aromatic N) is 2. The number of hydrogen-bond acceptors (Lipinski definition) is 5. The van der Waals surface area contributed by atoms with Crippen LogP contribution in [0.4, 0.5) is 0 Å². The van der Waals surface area contributed by atoms with E-state index in [1.807, 2.05) is 13.8 Å². The average molecular weight is 369 g/mol. The number of aryl methyl sites for hydroxylation is 2. The summed E-state index contributed by atoms with van der Waals surface area (Å²) in [6, 6.07) is 0.447. The number of aromatic nitrogens is 1. The number of hydrogen-bond donors (Lipinski definition) is 2. The van der Waals surface area contributed by atoms with Gasteiger partial charge in [0, 0.05) is 18.2 Å². The summed E-state index contributed by atoms with van der Waals surface area (Å²) in [4.78, 5) is 4.69. The SMILES string of the molecule is Cc1noc(C)c1CN=C(NCC1CCS(=O)(=O)C1)NC1CCCC1. The van der Waals surface area contributed by atoms with Crippen molar-refractivity contribution < 1.29 is 12.9 Å². The first-order valence-electron chi connectivity index (χ1n) is 9.10. The van der Waals surface area contributed by atoms with Crippen molar-refractivity contribution in [3.63, 3.8) is 0 Å². The Bertz CT molecular complexity index is 701. The third kappa shape index (κ3) is 4.96. The Morgan fingerprint density at radius 2 is 2.04 bits per heavy atom. The topological polar surface area (TPSA) is 96.6 Å². The summed E-state index contributed by atoms with van der Waals surface area (Å²) in [6.45, 7) is 4.96. The molecule has 1 atom stereocenters. The van der Waals surface area contributed by atoms with Crippen LogP contribution in [0, 0.1) is 19.8 Å². The van der Waals surface area contributed by atoms with E-state index in [0.717, 1.165) is 42.2 Å². The van der Waals surface area contributed by atoms with Gasteiger partial charge in [0.15, 0.2) is 15.8 Å². The van der Waals surface area contributed by atoms with E-state index < -0.39 is 9.84 Å². The molecule has 7 nitrogen and oxygen atoms in total. The van der Waals surface area contributed by atoms with Gasteiger partial charge in [0.1, 0.15) is 5.76 Å². The second-order valence-corrected chi connectivity index (χ2v) is 9.47. The van der Waals surface area contributed by atoms with E-state index in [1.165, 1.54) is 12.8 Å². The average Bonchev–Trinajstić information content (AvgIpc) is 3.26. The molecule has 25 heavy (non-hydrogen) atoms. The Morgan fingerprint density at radius 1 is 1.28 bits per heavy atom. The summed E-state index contributed by atoms with van der Waals surface area (Å²) in [5.41, 5.74) is 1.87. The smallest absolute Gasteiger partial charge is 0.191 e. The summed E-state index contributed by atoms with van der Waals surface area (Å²) in [6.07, 6.45) is 5.54. The van der Waals surface area contributed by atoms with Crippen LogP contribution in [0.3, 0.4) is 0 Å². The summed E-state index contributed by atoms with van der Waals surface area (Å²) >= 11 is 0. The molecular weight excluding hydrogens is 340 g/mol. The van der Waals surface area contributed by atoms with Crippen LogP contribution >= 0.6 is 0 Å². The molecule has 140 valence electrons. The van der Waals surface area contributed by atoms with E-state index in [1.54, 1.807) is 0 Å². The van der Waals surface area contributed by atoms with E-state index in [9.17, 15) is 8.42 Å². The lowest BCUT2D eigenvalue weighted by Crippen LogP contribution is -2.44. The molecule has 2 N–H and O–H groups in total. The molecule has 0 bridgehead atoms. The van der Waals surface area contributed by atoms with Gasteiger partial charge in [-0.3, -0.25) is 0 Å². The molecular formula is C17H28N4O3S. The predicted octanol–water partition coefficient (Wildman–Crippen LogP) is 1.70. The fourth-order valence-electron chi connectivity index (χ4n) is 3.58. The minimum atomic E-state index is -2.85. The van der Waals surface area contributed by atoms with Crippen molar-refractivity contribution >= 4 is 15.8 Å². The van der Waals surface area contributed by atoms with Crippen molar-refractivity contribution in [2.45, 2.75) is 58.5 Å². The molecule has 0 amide bonds. The number of guanidine groups is 1. The number of nitrogens with one attached hydrogen (secondary N) is 2. The van der Waals surface area contributed by atoms with Crippen molar-refractivity contribution in [1.29, 1.82) is 0 Å². The van der Waals surface area contributed by atoms with Crippen molar-refractivity contribution in [3.8, 4) is 0 Å². The highest BCUT2D eigenvalue weighted by Gasteiger charge is 2.28. The first kappa shape index (κ1) is 18.2. The van der Waals surface area contributed by atoms with Gasteiger partial charge in [-0.05, 0) is 39.0 Å². The van der Waals surface area contributed by atoms with Gasteiger partial charge in [0.05, 0.1) is 23.7 Å². The van der Waals surface area contributed by atoms with E-state index in [-0.39, 0.29) is 11.7 Å². The maximum Gasteiger partial charge on any atom is 0.191 e. The standard InChI is InChI=1S/C17H28N4O3S/c1-12-16(13(2)24-21-12)10-19-17(20-15-5-3-4-6-15)18-9-14-7-8-25(22,23)11-14/h14-15H,3-11H2,1-2H3,(H2,18,19,20). The van der Waals surface area contributed by atoms with Gasteiger partial charge < -0.3 is 15.2 Å². The maximum absolute atomic E-state index is 11.6. The van der Waals surface area contributed by atoms with Crippen molar-refractivity contribution in [2.24, 2.45) is 10.9 Å². The molecule has 2 heterocycles. The highest BCUT2D eigenvalue weighted by atomic mass is 32.2. The highest BCUT2D eigenvalue weighted by molar-refractivity contribution is 7.91. The zero-order chi connectivity index (χ0) is 17.9. The fraction of sp³-hybridized carbons (Fsp3) is 0.765. The van der Waals surface area contributed by atoms with Crippen LogP contribution in [0.15, 0.2) is 9.52 Å². The van der Waals surface area contributed by atoms with Gasteiger partial charge in [0.25, 0.3) is 0 Å². The zero-order valence-electron chi connectivity index (χ0n) is 15.0. The molecule has 1 saturated carbocycles. The van der Waals surface area contributed by atoms with Crippen LogP contribution in [-0.4, -0.2) is 43.6 Å². The van der Waals surface area contributed by atoms with Gasteiger partial charge in [-0.25, -0.2) is 13.4 Å². The largest absolute Gasteiger partial charge is 0.361 e. The molecule has 2 fully saturated rings. The molecule has 1 aliphatic heterocycles. The van der Waals surface area contributed by atoms with Crippen LogP contribution in [0.25, 0.3) is 0 Å². The molecule has 0 spiro atoms. The van der Waals surface area contributed by atoms with Crippen LogP contribution in [0.1, 0.15) is 49.1 Å². The Hall–Kier alpha value is -1.57. The van der Waals surface area contributed by atoms with Crippen molar-refractivity contribution in [3.05, 3.63) is 17.0 Å². The first-order valence-corrected chi connectivity index (χ1v) is 10.9. The molecule has 8 heteroatoms. The lowest BCUT2D eigenvalue weighted by atomic mass is 10.1. The number of rotatable bonds is 5. The minimum absolute atomic E-state index is 0.166. The monoisotopic (exact) mass is 368 g/mol. The van der Waals surface area contributed by atoms with E-state index in [2.05, 4.69) is 15.8 Å². The molecule has 0 aromatic carbocycles. The summed E-state index contributed by atoms with van der Waals surface area (Å²) < 4.78 is 28.5. The number of aliphatic imine (C=N–C) groups is 1. The van der Waals surface area contributed by atoms with Crippen LogP contribution in [-0.2, 0) is 16.4 Å². The highest BCUT2D eigenvalue weighted by Crippen LogP contribution is 2.19. The molecule has 1 aliphatic carbocycles. The van der Waals surface area contributed by atoms with E-state index >= 15 is 0 Å². The Labute approximate surface area is 149 Å². The third-order valence-electron chi connectivity index (χ3n) is 5.16. The molecule has 3 rings (SSSR count). The van der Waals surface area contributed by atoms with Crippen molar-refractivity contribution in [2.75, 3.05) is 18.1 Å². The van der Waals surface area contributed by atoms with Gasteiger partial charge >= 0.3 is 0 Å². The fourth-order valence-corrected chi connectivity index (χ4v) is 5.44. The van der Waals surface area contributed by atoms with Gasteiger partial charge in [0.2, 0.25) is 0 Å². The van der Waals surface area contributed by atoms with Gasteiger partial charge in [-0.15, -0.1) is 0 Å². The molecule has 1 aromatic rings. The molecule has 1 saturated heterocycles. The van der Waals surface area contributed by atoms with Crippen LogP contribution < -0.4 is 10.6 Å². The Morgan fingerprint density at radius 3 is 2.64 bits per heavy atom. The normalized spacial score (nSPS) is 23.9. The summed E-state index contributed by atoms with van der Waals surface area (Å²) in [5.74, 6) is 2.31. The molecule has 2 aliphatic rings. The maximum atomic E-state index is 11.6. The Kier molecular flexibility index (Phi) is 5.66. The third-order valence-corrected chi connectivity index (χ3v) is 6.99. The van der Waals surface area contributed by atoms with Gasteiger partial charge in [-0.2, -0.15) is 0 Å². The minimum Gasteiger partial charge on any atom is -0.361 e. The predicted molar refractivity (Wildman–Crippen MR) is 97.3 cm³/mol. The summed E-state index contributed by atoms with van der Waals surface area (Å²) in [7, 11) is -2.85. The second-order valence-electron chi connectivity index (χ2n) is 7.24. The van der Waals surface area contributed by atoms with E-state index in [0.29, 0.717) is 24.9 Å². The molecule has 1 unspecified atom stereocenters. The quantitative estimate of drug-likeness (QED) is 0.607. The summed E-state index contributed by atoms with van der Waals surface area (Å²) in [5, 5.41) is 10.8. The Balaban J connectivity index is 1.63.